The Kier molecular flexibility index (Phi) is 3.20. The van der Waals surface area contributed by atoms with Crippen molar-refractivity contribution >= 4 is 11.8 Å². The van der Waals surface area contributed by atoms with Gasteiger partial charge in [-0.3, -0.25) is 14.6 Å². The minimum atomic E-state index is -0.390. The quantitative estimate of drug-likeness (QED) is 0.811. The van der Waals surface area contributed by atoms with E-state index >= 15 is 0 Å². The molecule has 1 aromatic rings. The molecule has 2 aliphatic rings. The van der Waals surface area contributed by atoms with Gasteiger partial charge in [0.2, 0.25) is 11.8 Å². The van der Waals surface area contributed by atoms with Crippen LogP contribution in [0.1, 0.15) is 31.2 Å². The minimum absolute atomic E-state index is 0.0675. The van der Waals surface area contributed by atoms with Gasteiger partial charge in [-0.2, -0.15) is 0 Å². The number of hydrogen-bond acceptors (Lipinski definition) is 3. The number of pyridine rings is 1. The number of piperazine rings is 1. The number of fused-ring (bicyclic) bond motifs is 1. The summed E-state index contributed by atoms with van der Waals surface area (Å²) in [7, 11) is 0. The Bertz CT molecular complexity index is 558. The molecule has 0 radical (unpaired) electrons. The number of aryl methyl sites for hydroxylation is 1. The molecule has 5 heteroatoms. The third-order valence-electron chi connectivity index (χ3n) is 4.21. The van der Waals surface area contributed by atoms with E-state index in [2.05, 4.69) is 4.98 Å². The Balaban J connectivity index is 1.84. The van der Waals surface area contributed by atoms with Crippen LogP contribution in [0.5, 0.6) is 0 Å². The molecule has 20 heavy (non-hydrogen) atoms. The molecule has 0 saturated carbocycles. The first-order valence-electron chi connectivity index (χ1n) is 7.11. The molecule has 2 fully saturated rings. The normalized spacial score (nSPS) is 26.1. The lowest BCUT2D eigenvalue weighted by molar-refractivity contribution is -0.159. The number of hydrogen-bond donors (Lipinski definition) is 0. The third-order valence-corrected chi connectivity index (χ3v) is 4.21. The summed E-state index contributed by atoms with van der Waals surface area (Å²) in [6.07, 6.45) is 1.71. The molecule has 0 aromatic carbocycles. The van der Waals surface area contributed by atoms with Crippen LogP contribution in [0.4, 0.5) is 0 Å². The van der Waals surface area contributed by atoms with E-state index in [1.54, 1.807) is 9.80 Å². The Hall–Kier alpha value is -1.91. The number of amides is 2. The maximum absolute atomic E-state index is 12.6. The van der Waals surface area contributed by atoms with Gasteiger partial charge in [-0.05, 0) is 38.8 Å². The molecule has 0 unspecified atom stereocenters. The van der Waals surface area contributed by atoms with Crippen molar-refractivity contribution in [3.8, 4) is 0 Å². The van der Waals surface area contributed by atoms with Gasteiger partial charge in [-0.1, -0.05) is 6.07 Å². The van der Waals surface area contributed by atoms with Crippen LogP contribution in [0.2, 0.25) is 0 Å². The summed E-state index contributed by atoms with van der Waals surface area (Å²) in [4.78, 5) is 32.7. The van der Waals surface area contributed by atoms with Gasteiger partial charge >= 0.3 is 0 Å². The second-order valence-electron chi connectivity index (χ2n) is 5.60. The Labute approximate surface area is 118 Å². The molecule has 2 atom stereocenters. The van der Waals surface area contributed by atoms with Crippen molar-refractivity contribution in [2.24, 2.45) is 0 Å². The first-order valence-corrected chi connectivity index (χ1v) is 7.11. The predicted molar refractivity (Wildman–Crippen MR) is 73.7 cm³/mol. The van der Waals surface area contributed by atoms with E-state index in [1.807, 2.05) is 32.0 Å². The molecule has 3 heterocycles. The van der Waals surface area contributed by atoms with Gasteiger partial charge in [0.05, 0.1) is 12.2 Å². The third kappa shape index (κ3) is 2.07. The van der Waals surface area contributed by atoms with Crippen molar-refractivity contribution < 1.29 is 9.59 Å². The van der Waals surface area contributed by atoms with Crippen molar-refractivity contribution in [3.05, 3.63) is 29.6 Å². The van der Waals surface area contributed by atoms with Gasteiger partial charge in [0.25, 0.3) is 0 Å². The molecule has 0 bridgehead atoms. The van der Waals surface area contributed by atoms with Gasteiger partial charge in [-0.15, -0.1) is 0 Å². The van der Waals surface area contributed by atoms with Crippen molar-refractivity contribution in [2.75, 3.05) is 6.54 Å². The van der Waals surface area contributed by atoms with Crippen molar-refractivity contribution in [3.63, 3.8) is 0 Å². The topological polar surface area (TPSA) is 53.5 Å². The fourth-order valence-electron chi connectivity index (χ4n) is 3.12. The second-order valence-corrected chi connectivity index (χ2v) is 5.60. The summed E-state index contributed by atoms with van der Waals surface area (Å²) >= 11 is 0. The largest absolute Gasteiger partial charge is 0.329 e. The maximum atomic E-state index is 12.6. The van der Waals surface area contributed by atoms with Crippen LogP contribution in [-0.4, -0.2) is 45.2 Å². The molecule has 2 aliphatic heterocycles. The maximum Gasteiger partial charge on any atom is 0.246 e. The molecule has 0 spiro atoms. The van der Waals surface area contributed by atoms with Gasteiger partial charge in [0.15, 0.2) is 0 Å². The smallest absolute Gasteiger partial charge is 0.246 e. The molecule has 0 N–H and O–H groups in total. The monoisotopic (exact) mass is 273 g/mol. The summed E-state index contributed by atoms with van der Waals surface area (Å²) in [5.41, 5.74) is 1.76. The van der Waals surface area contributed by atoms with E-state index in [0.717, 1.165) is 30.8 Å². The highest BCUT2D eigenvalue weighted by Crippen LogP contribution is 2.27. The fraction of sp³-hybridized carbons (Fsp3) is 0.533. The summed E-state index contributed by atoms with van der Waals surface area (Å²) < 4.78 is 0. The Morgan fingerprint density at radius 3 is 2.85 bits per heavy atom. The predicted octanol–water partition coefficient (Wildman–Crippen LogP) is 1.11. The van der Waals surface area contributed by atoms with E-state index in [4.69, 9.17) is 0 Å². The van der Waals surface area contributed by atoms with Crippen LogP contribution < -0.4 is 0 Å². The SMILES string of the molecule is Cc1cccc(CN2C(=O)[C@@H]3CCCN3C(=O)[C@@H]2C)n1. The zero-order valence-corrected chi connectivity index (χ0v) is 11.9. The minimum Gasteiger partial charge on any atom is -0.329 e. The van der Waals surface area contributed by atoms with Crippen LogP contribution in [0.3, 0.4) is 0 Å². The number of nitrogens with zero attached hydrogens (tertiary/aromatic N) is 3. The lowest BCUT2D eigenvalue weighted by atomic mass is 10.1. The molecule has 2 saturated heterocycles. The van der Waals surface area contributed by atoms with Gasteiger partial charge in [0, 0.05) is 12.2 Å². The molecule has 1 aromatic heterocycles. The highest BCUT2D eigenvalue weighted by Gasteiger charge is 2.45. The highest BCUT2D eigenvalue weighted by atomic mass is 16.2. The molecule has 106 valence electrons. The van der Waals surface area contributed by atoms with Crippen molar-refractivity contribution in [1.82, 2.24) is 14.8 Å². The second kappa shape index (κ2) is 4.89. The van der Waals surface area contributed by atoms with Crippen LogP contribution in [0.15, 0.2) is 18.2 Å². The zero-order chi connectivity index (χ0) is 14.3. The van der Waals surface area contributed by atoms with Gasteiger partial charge in [0.1, 0.15) is 12.1 Å². The summed E-state index contributed by atoms with van der Waals surface area (Å²) in [5.74, 6) is 0.137. The highest BCUT2D eigenvalue weighted by molar-refractivity contribution is 5.97. The standard InChI is InChI=1S/C15H19N3O2/c1-10-5-3-6-12(16-10)9-18-11(2)14(19)17-8-4-7-13(17)15(18)20/h3,5-6,11,13H,4,7-9H2,1-2H3/t11-,13-/m0/s1. The van der Waals surface area contributed by atoms with E-state index < -0.39 is 0 Å². The van der Waals surface area contributed by atoms with E-state index in [0.29, 0.717) is 6.54 Å². The summed E-state index contributed by atoms with van der Waals surface area (Å²) in [6.45, 7) is 4.87. The first-order chi connectivity index (χ1) is 9.58. The number of carbonyl (C=O) groups is 2. The average molecular weight is 273 g/mol. The molecule has 2 amide bonds. The van der Waals surface area contributed by atoms with E-state index in [1.165, 1.54) is 0 Å². The lowest BCUT2D eigenvalue weighted by Crippen LogP contribution is -2.61. The zero-order valence-electron chi connectivity index (χ0n) is 11.9. The van der Waals surface area contributed by atoms with Crippen LogP contribution in [-0.2, 0) is 16.1 Å². The summed E-state index contributed by atoms with van der Waals surface area (Å²) in [5, 5.41) is 0. The molecule has 5 nitrogen and oxygen atoms in total. The van der Waals surface area contributed by atoms with Gasteiger partial charge in [-0.25, -0.2) is 0 Å². The lowest BCUT2D eigenvalue weighted by Gasteiger charge is -2.40. The van der Waals surface area contributed by atoms with Crippen molar-refractivity contribution in [2.45, 2.75) is 45.3 Å². The van der Waals surface area contributed by atoms with Crippen LogP contribution >= 0.6 is 0 Å². The molecular formula is C15H19N3O2. The molecular weight excluding hydrogens is 254 g/mol. The fourth-order valence-corrected chi connectivity index (χ4v) is 3.12. The number of rotatable bonds is 2. The number of aromatic nitrogens is 1. The van der Waals surface area contributed by atoms with E-state index in [9.17, 15) is 9.59 Å². The van der Waals surface area contributed by atoms with Crippen molar-refractivity contribution in [1.29, 1.82) is 0 Å². The first kappa shape index (κ1) is 13.1. The average Bonchev–Trinajstić information content (AvgIpc) is 2.91. The van der Waals surface area contributed by atoms with E-state index in [-0.39, 0.29) is 23.9 Å². The summed E-state index contributed by atoms with van der Waals surface area (Å²) in [6, 6.07) is 5.12. The Morgan fingerprint density at radius 1 is 1.30 bits per heavy atom. The van der Waals surface area contributed by atoms with Gasteiger partial charge < -0.3 is 9.80 Å². The van der Waals surface area contributed by atoms with Crippen LogP contribution in [0.25, 0.3) is 0 Å². The van der Waals surface area contributed by atoms with Crippen LogP contribution in [0, 0.1) is 6.92 Å². The number of carbonyl (C=O) groups excluding carboxylic acids is 2. The Morgan fingerprint density at radius 2 is 2.10 bits per heavy atom. The molecule has 3 rings (SSSR count). The molecule has 0 aliphatic carbocycles.